The van der Waals surface area contributed by atoms with E-state index in [0.717, 1.165) is 27.3 Å². The maximum absolute atomic E-state index is 4.49. The Hall–Kier alpha value is -4.70. The molecule has 0 N–H and O–H groups in total. The van der Waals surface area contributed by atoms with Gasteiger partial charge >= 0.3 is 0 Å². The van der Waals surface area contributed by atoms with Gasteiger partial charge in [-0.05, 0) is 197 Å². The topological polar surface area (TPSA) is 25.8 Å². The molecule has 20 heteroatoms. The summed E-state index contributed by atoms with van der Waals surface area (Å²) in [6, 6.07) is 146. The van der Waals surface area contributed by atoms with Crippen LogP contribution in [0.2, 0.25) is 61.4 Å². The first-order valence-electron chi connectivity index (χ1n) is 46.7. The van der Waals surface area contributed by atoms with E-state index in [1.54, 1.807) is 0 Å². The monoisotopic (exact) mass is 2500 g/mol. The van der Waals surface area contributed by atoms with Gasteiger partial charge in [0.2, 0.25) is 0 Å². The van der Waals surface area contributed by atoms with Gasteiger partial charge in [0.05, 0.1) is 11.0 Å². The molecule has 0 saturated carbocycles. The number of rotatable bonds is 9. The SMILES string of the molecule is C[B]c1c2ccccc2cc2ccccc12.C[B]c1cc2ccc3cccc4ccc(c1)c2c34.C[B]c1cc2ccccc2c2ccccc12.C[B]c1ccc2c(ccc3ccccc32)c1.C[B]c1ccc2cc3cc([B]C)ccc3cc2c1.C[B]c1ccc2ccc3cccc4ccc1c2c34.C[B]c1ccc2ccc3ccccc3c2c1.C[B]c1cnc2c(ccc3cccnc32)c1.[Y].[Y].[Y].[Y].[Y].[Y].[Y].[Y].[Y]. The minimum absolute atomic E-state index is 0. The maximum atomic E-state index is 4.49. The van der Waals surface area contributed by atoms with Crippen molar-refractivity contribution >= 4 is 309 Å². The molecule has 0 aliphatic heterocycles. The normalized spacial score (nSPS) is 10.3. The zero-order valence-corrected chi connectivity index (χ0v) is 108. The van der Waals surface area contributed by atoms with Crippen molar-refractivity contribution in [2.75, 3.05) is 0 Å². The van der Waals surface area contributed by atoms with Gasteiger partial charge in [-0.3, -0.25) is 9.97 Å². The quantitative estimate of drug-likeness (QED) is 0.0818. The zero-order chi connectivity index (χ0) is 91.5. The molecule has 2 heterocycles. The molecule has 0 aliphatic rings. The molecule has 0 fully saturated rings. The Labute approximate surface area is 1080 Å². The summed E-state index contributed by atoms with van der Waals surface area (Å²) in [5.41, 5.74) is 13.5. The molecule has 24 aromatic carbocycles. The van der Waals surface area contributed by atoms with E-state index in [1.807, 2.05) is 25.3 Å². The van der Waals surface area contributed by atoms with Crippen LogP contribution in [0.3, 0.4) is 0 Å². The van der Waals surface area contributed by atoms with E-state index in [9.17, 15) is 0 Å². The van der Waals surface area contributed by atoms with Gasteiger partial charge < -0.3 is 0 Å². The molecule has 26 aromatic rings. The first-order valence-corrected chi connectivity index (χ1v) is 46.7. The second-order valence-corrected chi connectivity index (χ2v) is 34.2. The fraction of sp³-hybridized carbons (Fsp3) is 0.0732. The predicted molar refractivity (Wildman–Crippen MR) is 606 cm³/mol. The summed E-state index contributed by atoms with van der Waals surface area (Å²) in [5, 5.41) is 45.0. The van der Waals surface area contributed by atoms with E-state index in [2.05, 4.69) is 530 Å². The minimum Gasteiger partial charge on any atom is -0.255 e. The molecular weight excluding hydrogens is 2400 g/mol. The fourth-order valence-corrected chi connectivity index (χ4v) is 19.4. The number of pyridine rings is 2. The predicted octanol–water partition coefficient (Wildman–Crippen LogP) is 26.3. The molecule has 0 unspecified atom stereocenters. The van der Waals surface area contributed by atoms with Crippen LogP contribution in [0.4, 0.5) is 0 Å². The molecule has 2 nitrogen and oxygen atoms in total. The number of fused-ring (bicyclic) bond motifs is 16. The number of hydrogen-bond acceptors (Lipinski definition) is 2. The van der Waals surface area contributed by atoms with Crippen molar-refractivity contribution in [3.05, 3.63) is 419 Å². The molecule has 18 radical (unpaired) electrons. The third-order valence-electron chi connectivity index (χ3n) is 26.4. The summed E-state index contributed by atoms with van der Waals surface area (Å²) < 4.78 is 0. The van der Waals surface area contributed by atoms with Crippen molar-refractivity contribution in [2.45, 2.75) is 61.4 Å². The van der Waals surface area contributed by atoms with E-state index in [-0.39, 0.29) is 294 Å². The molecule has 652 valence electrons. The van der Waals surface area contributed by atoms with Gasteiger partial charge in [-0.25, -0.2) is 0 Å². The average molecular weight is 2500 g/mol. The molecule has 0 bridgehead atoms. The van der Waals surface area contributed by atoms with Gasteiger partial charge in [-0.1, -0.05) is 493 Å². The van der Waals surface area contributed by atoms with Gasteiger partial charge in [0.25, 0.3) is 0 Å². The van der Waals surface area contributed by atoms with Crippen LogP contribution >= 0.6 is 0 Å². The smallest absolute Gasteiger partial charge is 0.150 e. The first-order chi connectivity index (χ1) is 66.0. The van der Waals surface area contributed by atoms with E-state index in [1.165, 1.54) is 216 Å². The molecule has 0 saturated heterocycles. The average Bonchev–Trinajstić information content (AvgIpc) is 0.741. The van der Waals surface area contributed by atoms with E-state index >= 15 is 0 Å². The van der Waals surface area contributed by atoms with Gasteiger partial charge in [0.1, 0.15) is 65.5 Å². The minimum atomic E-state index is 0. The summed E-state index contributed by atoms with van der Waals surface area (Å²) in [7, 11) is 19.3. The van der Waals surface area contributed by atoms with E-state index < -0.39 is 0 Å². The summed E-state index contributed by atoms with van der Waals surface area (Å²) in [5.74, 6) is 0. The Morgan fingerprint density at radius 3 is 0.958 bits per heavy atom. The van der Waals surface area contributed by atoms with Crippen LogP contribution in [-0.4, -0.2) is 75.5 Å². The molecule has 0 aliphatic carbocycles. The third kappa shape index (κ3) is 27.3. The number of nitrogens with zero attached hydrogens (tertiary/aromatic N) is 2. The van der Waals surface area contributed by atoms with Crippen molar-refractivity contribution in [3.63, 3.8) is 0 Å². The Balaban J connectivity index is 0.000000166. The van der Waals surface area contributed by atoms with Crippen molar-refractivity contribution in [1.82, 2.24) is 9.97 Å². The molecule has 0 spiro atoms. The Bertz CT molecular complexity index is 8490. The van der Waals surface area contributed by atoms with Crippen molar-refractivity contribution in [1.29, 1.82) is 0 Å². The molecule has 26 rings (SSSR count). The third-order valence-corrected chi connectivity index (χ3v) is 26.4. The van der Waals surface area contributed by atoms with Crippen LogP contribution in [0.25, 0.3) is 194 Å². The van der Waals surface area contributed by atoms with Crippen LogP contribution in [0.15, 0.2) is 419 Å². The van der Waals surface area contributed by atoms with Gasteiger partial charge in [-0.15, -0.1) is 0 Å². The van der Waals surface area contributed by atoms with Gasteiger partial charge in [0.15, 0.2) is 0 Å². The Morgan fingerprint density at radius 2 is 0.448 bits per heavy atom. The number of aromatic nitrogens is 2. The summed E-state index contributed by atoms with van der Waals surface area (Å²) >= 11 is 0. The standard InChI is InChI=1S/2C17H12B.C16H14B2.4C15H12B.C13H10BN2.9Y/c1-18-15-9-13-7-5-11-3-2-4-12-6-8-14(10-15)17(13)16(11)12;1-18-15-10-8-13-6-5-11-3-2-4-12-7-9-14(15)17(13)16(11)12;1-17-15-5-3-11-8-14-10-16(18-2)6-4-12(14)7-13(11)9-15;1-16-15-13-8-4-2-6-11(13)10-12-7-3-5-9-14(12)15;1-16-15-10-11-6-2-3-7-12(11)13-8-4-5-9-14(13)15;1-16-13-8-9-15-12(10-13)7-6-11-4-2-3-5-14(11)15;1-16-13-9-8-12-7-6-11-4-2-3-5-14(11)15(12)10-13;1-14-11-7-10-5-4-9-3-2-6-15-12(9)13(10)16-8-11;;;;;;;;;/h2*2-10H,1H3;3-10H,1-2H3;4*2-10H,1H3;2-8H,1H3;;;;;;;;;. The Kier molecular flexibility index (Phi) is 48.5. The van der Waals surface area contributed by atoms with Crippen LogP contribution in [0, 0.1) is 0 Å². The van der Waals surface area contributed by atoms with Gasteiger partial charge in [0, 0.05) is 318 Å². The van der Waals surface area contributed by atoms with Crippen LogP contribution in [0.1, 0.15) is 0 Å². The van der Waals surface area contributed by atoms with Crippen molar-refractivity contribution in [2.24, 2.45) is 0 Å². The van der Waals surface area contributed by atoms with Crippen LogP contribution in [0.5, 0.6) is 0 Å². The maximum Gasteiger partial charge on any atom is 0.150 e. The zero-order valence-electron chi connectivity index (χ0n) is 82.6. The molecule has 0 amide bonds. The number of hydrogen-bond donors (Lipinski definition) is 0. The summed E-state index contributed by atoms with van der Waals surface area (Å²) in [6.45, 7) is 18.7. The second-order valence-electron chi connectivity index (χ2n) is 34.2. The first kappa shape index (κ1) is 120. The van der Waals surface area contributed by atoms with Crippen molar-refractivity contribution < 1.29 is 294 Å². The van der Waals surface area contributed by atoms with Gasteiger partial charge in [-0.2, -0.15) is 0 Å². The molecule has 0 atom stereocenters. The molecule has 2 aromatic heterocycles. The second kappa shape index (κ2) is 57.7. The van der Waals surface area contributed by atoms with E-state index in [4.69, 9.17) is 0 Å². The largest absolute Gasteiger partial charge is 0.255 e. The Morgan fingerprint density at radius 1 is 0.147 bits per heavy atom. The van der Waals surface area contributed by atoms with Crippen LogP contribution in [-0.2, 0) is 294 Å². The van der Waals surface area contributed by atoms with Crippen molar-refractivity contribution in [3.8, 4) is 0 Å². The summed E-state index contributed by atoms with van der Waals surface area (Å²) in [6.07, 6.45) is 3.69. The fourth-order valence-electron chi connectivity index (χ4n) is 19.4. The van der Waals surface area contributed by atoms with Crippen LogP contribution < -0.4 is 49.2 Å². The number of benzene rings is 24. The molecular formula is C123H96B9N2Y9. The van der Waals surface area contributed by atoms with E-state index in [0.29, 0.717) is 0 Å². The molecule has 143 heavy (non-hydrogen) atoms. The summed E-state index contributed by atoms with van der Waals surface area (Å²) in [4.78, 5) is 8.88.